The molecule has 0 saturated carbocycles. The van der Waals surface area contributed by atoms with Gasteiger partial charge in [-0.05, 0) is 35.7 Å². The molecular formula is C23H22N4O3. The van der Waals surface area contributed by atoms with Crippen molar-refractivity contribution in [1.29, 1.82) is 0 Å². The first-order valence-electron chi connectivity index (χ1n) is 10.2. The van der Waals surface area contributed by atoms with Gasteiger partial charge < -0.3 is 9.64 Å². The van der Waals surface area contributed by atoms with E-state index >= 15 is 0 Å². The van der Waals surface area contributed by atoms with Crippen molar-refractivity contribution in [1.82, 2.24) is 19.7 Å². The summed E-state index contributed by atoms with van der Waals surface area (Å²) in [6.07, 6.45) is 3.74. The van der Waals surface area contributed by atoms with E-state index in [1.54, 1.807) is 18.5 Å². The minimum Gasteiger partial charge on any atom is -0.363 e. The highest BCUT2D eigenvalue weighted by Crippen LogP contribution is 2.31. The first kappa shape index (κ1) is 18.7. The van der Waals surface area contributed by atoms with Gasteiger partial charge in [-0.3, -0.25) is 14.6 Å². The molecule has 30 heavy (non-hydrogen) atoms. The SMILES string of the molecule is O=C(C1OCCc2ccccc21)N1CC(Cn2nc(-c3cccnc3)ccc2=O)C1. The van der Waals surface area contributed by atoms with Crippen molar-refractivity contribution in [2.24, 2.45) is 5.92 Å². The van der Waals surface area contributed by atoms with E-state index in [1.165, 1.54) is 16.3 Å². The summed E-state index contributed by atoms with van der Waals surface area (Å²) in [5.41, 5.74) is 3.59. The van der Waals surface area contributed by atoms with Gasteiger partial charge in [0, 0.05) is 43.0 Å². The second kappa shape index (κ2) is 7.84. The van der Waals surface area contributed by atoms with Crippen molar-refractivity contribution in [3.8, 4) is 11.3 Å². The normalized spacial score (nSPS) is 18.5. The Morgan fingerprint density at radius 3 is 2.80 bits per heavy atom. The van der Waals surface area contributed by atoms with Crippen LogP contribution in [0.2, 0.25) is 0 Å². The zero-order valence-corrected chi connectivity index (χ0v) is 16.5. The van der Waals surface area contributed by atoms with E-state index in [4.69, 9.17) is 4.74 Å². The Hall–Kier alpha value is -3.32. The van der Waals surface area contributed by atoms with Crippen molar-refractivity contribution in [2.45, 2.75) is 19.1 Å². The van der Waals surface area contributed by atoms with Crippen LogP contribution in [0.15, 0.2) is 65.7 Å². The van der Waals surface area contributed by atoms with Gasteiger partial charge in [0.25, 0.3) is 11.5 Å². The minimum absolute atomic E-state index is 0.00261. The van der Waals surface area contributed by atoms with Gasteiger partial charge in [0.2, 0.25) is 0 Å². The Morgan fingerprint density at radius 2 is 1.97 bits per heavy atom. The Labute approximate surface area is 173 Å². The zero-order valence-electron chi connectivity index (χ0n) is 16.5. The Balaban J connectivity index is 1.25. The third kappa shape index (κ3) is 3.52. The lowest BCUT2D eigenvalue weighted by Gasteiger charge is -2.41. The molecule has 0 radical (unpaired) electrons. The molecule has 2 aliphatic heterocycles. The molecule has 1 saturated heterocycles. The number of ether oxygens (including phenoxy) is 1. The number of amides is 1. The Bertz CT molecular complexity index is 1120. The maximum absolute atomic E-state index is 13.0. The number of nitrogens with zero attached hydrogens (tertiary/aromatic N) is 4. The standard InChI is InChI=1S/C23H22N4O3/c28-21-8-7-20(18-5-3-10-24-12-18)25-27(21)15-16-13-26(14-16)23(29)22-19-6-2-1-4-17(19)9-11-30-22/h1-8,10,12,16,22H,9,11,13-15H2. The predicted molar refractivity (Wildman–Crippen MR) is 111 cm³/mol. The Kier molecular flexibility index (Phi) is 4.88. The molecule has 1 amide bonds. The lowest BCUT2D eigenvalue weighted by Crippen LogP contribution is -2.54. The maximum Gasteiger partial charge on any atom is 0.266 e. The average molecular weight is 402 g/mol. The summed E-state index contributed by atoms with van der Waals surface area (Å²) in [6, 6.07) is 15.0. The molecule has 1 aromatic carbocycles. The van der Waals surface area contributed by atoms with Gasteiger partial charge in [0.1, 0.15) is 0 Å². The van der Waals surface area contributed by atoms with Crippen LogP contribution in [0.1, 0.15) is 17.2 Å². The van der Waals surface area contributed by atoms with Crippen molar-refractivity contribution in [3.63, 3.8) is 0 Å². The molecule has 2 aliphatic rings. The summed E-state index contributed by atoms with van der Waals surface area (Å²) < 4.78 is 7.28. The second-order valence-electron chi connectivity index (χ2n) is 7.79. The maximum atomic E-state index is 13.0. The van der Waals surface area contributed by atoms with Gasteiger partial charge in [0.05, 0.1) is 18.8 Å². The van der Waals surface area contributed by atoms with Crippen LogP contribution < -0.4 is 5.56 Å². The van der Waals surface area contributed by atoms with E-state index in [1.807, 2.05) is 35.2 Å². The Morgan fingerprint density at radius 1 is 1.10 bits per heavy atom. The van der Waals surface area contributed by atoms with Gasteiger partial charge in [-0.2, -0.15) is 5.10 Å². The highest BCUT2D eigenvalue weighted by Gasteiger charge is 2.37. The molecule has 7 heteroatoms. The fraction of sp³-hybridized carbons (Fsp3) is 0.304. The number of pyridine rings is 1. The van der Waals surface area contributed by atoms with E-state index in [0.717, 1.165) is 17.5 Å². The fourth-order valence-electron chi connectivity index (χ4n) is 4.12. The third-order valence-corrected chi connectivity index (χ3v) is 5.74. The van der Waals surface area contributed by atoms with Crippen LogP contribution in [-0.4, -0.2) is 45.3 Å². The van der Waals surface area contributed by atoms with Gasteiger partial charge in [-0.1, -0.05) is 24.3 Å². The number of likely N-dealkylation sites (tertiary alicyclic amines) is 1. The van der Waals surface area contributed by atoms with Gasteiger partial charge in [-0.25, -0.2) is 4.68 Å². The lowest BCUT2D eigenvalue weighted by atomic mass is 9.94. The number of carbonyl (C=O) groups is 1. The number of hydrogen-bond acceptors (Lipinski definition) is 5. The number of aromatic nitrogens is 3. The molecule has 3 aromatic rings. The highest BCUT2D eigenvalue weighted by molar-refractivity contribution is 5.83. The van der Waals surface area contributed by atoms with E-state index in [-0.39, 0.29) is 17.4 Å². The zero-order chi connectivity index (χ0) is 20.5. The van der Waals surface area contributed by atoms with Crippen molar-refractivity contribution in [3.05, 3.63) is 82.4 Å². The molecule has 1 unspecified atom stereocenters. The van der Waals surface area contributed by atoms with Crippen LogP contribution in [0.25, 0.3) is 11.3 Å². The molecule has 152 valence electrons. The van der Waals surface area contributed by atoms with E-state index in [2.05, 4.69) is 16.1 Å². The summed E-state index contributed by atoms with van der Waals surface area (Å²) in [5.74, 6) is 0.199. The van der Waals surface area contributed by atoms with Crippen LogP contribution in [0, 0.1) is 5.92 Å². The molecule has 0 spiro atoms. The topological polar surface area (TPSA) is 77.3 Å². The van der Waals surface area contributed by atoms with Crippen LogP contribution in [0.3, 0.4) is 0 Å². The minimum atomic E-state index is -0.523. The number of benzene rings is 1. The first-order valence-corrected chi connectivity index (χ1v) is 10.2. The molecule has 0 aliphatic carbocycles. The monoisotopic (exact) mass is 402 g/mol. The summed E-state index contributed by atoms with van der Waals surface area (Å²) in [5, 5.41) is 4.49. The number of rotatable bonds is 4. The smallest absolute Gasteiger partial charge is 0.266 e. The fourth-order valence-corrected chi connectivity index (χ4v) is 4.12. The highest BCUT2D eigenvalue weighted by atomic mass is 16.5. The molecular weight excluding hydrogens is 380 g/mol. The van der Waals surface area contributed by atoms with E-state index < -0.39 is 6.10 Å². The lowest BCUT2D eigenvalue weighted by molar-refractivity contribution is -0.152. The predicted octanol–water partition coefficient (Wildman–Crippen LogP) is 2.08. The molecule has 2 aromatic heterocycles. The van der Waals surface area contributed by atoms with Crippen LogP contribution in [-0.2, 0) is 22.5 Å². The summed E-state index contributed by atoms with van der Waals surface area (Å²) in [6.45, 7) is 2.25. The van der Waals surface area contributed by atoms with Gasteiger partial charge in [-0.15, -0.1) is 0 Å². The number of carbonyl (C=O) groups excluding carboxylic acids is 1. The van der Waals surface area contributed by atoms with E-state index in [0.29, 0.717) is 31.9 Å². The van der Waals surface area contributed by atoms with Crippen LogP contribution >= 0.6 is 0 Å². The summed E-state index contributed by atoms with van der Waals surface area (Å²) in [7, 11) is 0. The largest absolute Gasteiger partial charge is 0.363 e. The molecule has 0 bridgehead atoms. The van der Waals surface area contributed by atoms with Crippen molar-refractivity contribution < 1.29 is 9.53 Å². The molecule has 4 heterocycles. The molecule has 7 nitrogen and oxygen atoms in total. The van der Waals surface area contributed by atoms with Crippen molar-refractivity contribution in [2.75, 3.05) is 19.7 Å². The molecule has 5 rings (SSSR count). The molecule has 1 atom stereocenters. The second-order valence-corrected chi connectivity index (χ2v) is 7.79. The van der Waals surface area contributed by atoms with Gasteiger partial charge >= 0.3 is 0 Å². The van der Waals surface area contributed by atoms with Crippen LogP contribution in [0.5, 0.6) is 0 Å². The van der Waals surface area contributed by atoms with Crippen molar-refractivity contribution >= 4 is 5.91 Å². The van der Waals surface area contributed by atoms with E-state index in [9.17, 15) is 9.59 Å². The number of fused-ring (bicyclic) bond motifs is 1. The quantitative estimate of drug-likeness (QED) is 0.668. The molecule has 0 N–H and O–H groups in total. The average Bonchev–Trinajstić information content (AvgIpc) is 2.77. The molecule has 1 fully saturated rings. The first-order chi connectivity index (χ1) is 14.7. The number of hydrogen-bond donors (Lipinski definition) is 0. The van der Waals surface area contributed by atoms with Crippen LogP contribution in [0.4, 0.5) is 0 Å². The summed E-state index contributed by atoms with van der Waals surface area (Å²) >= 11 is 0. The third-order valence-electron chi connectivity index (χ3n) is 5.74. The van der Waals surface area contributed by atoms with Gasteiger partial charge in [0.15, 0.2) is 6.10 Å². The summed E-state index contributed by atoms with van der Waals surface area (Å²) in [4.78, 5) is 31.1.